The topological polar surface area (TPSA) is 29.2 Å². The minimum Gasteiger partial charge on any atom is -0.304 e. The third-order valence-corrected chi connectivity index (χ3v) is 5.35. The van der Waals surface area contributed by atoms with Gasteiger partial charge in [-0.1, -0.05) is 6.07 Å². The fourth-order valence-electron chi connectivity index (χ4n) is 2.70. The van der Waals surface area contributed by atoms with Crippen LogP contribution in [0.3, 0.4) is 0 Å². The van der Waals surface area contributed by atoms with Gasteiger partial charge in [0.1, 0.15) is 6.33 Å². The smallest absolute Gasteiger partial charge is 0.199 e. The van der Waals surface area contributed by atoms with Crippen LogP contribution in [-0.4, -0.2) is 50.3 Å². The molecule has 0 radical (unpaired) electrons. The molecule has 1 aliphatic rings. The zero-order chi connectivity index (χ0) is 15.5. The predicted molar refractivity (Wildman–Crippen MR) is 92.6 cm³/mol. The van der Waals surface area contributed by atoms with Crippen LogP contribution in [-0.2, 0) is 13.2 Å². The zero-order valence-corrected chi connectivity index (χ0v) is 14.8. The maximum Gasteiger partial charge on any atom is 0.199 e. The van der Waals surface area contributed by atoms with Crippen molar-refractivity contribution in [2.75, 3.05) is 26.2 Å². The third kappa shape index (κ3) is 3.65. The van der Waals surface area contributed by atoms with Crippen LogP contribution in [0.25, 0.3) is 0 Å². The molecule has 0 amide bonds. The van der Waals surface area contributed by atoms with E-state index in [0.29, 0.717) is 6.04 Å². The fraction of sp³-hybridized carbons (Fsp3) is 0.600. The van der Waals surface area contributed by atoms with Gasteiger partial charge in [0.25, 0.3) is 0 Å². The third-order valence-electron chi connectivity index (χ3n) is 4.07. The predicted octanol–water partition coefficient (Wildman–Crippen LogP) is 2.83. The van der Waals surface area contributed by atoms with E-state index in [4.69, 9.17) is 12.2 Å². The molecule has 3 heterocycles. The average Bonchev–Trinajstić information content (AvgIpc) is 3.12. The van der Waals surface area contributed by atoms with Crippen molar-refractivity contribution in [1.82, 2.24) is 24.1 Å². The molecule has 1 saturated heterocycles. The molecular formula is C15H23N5S2. The first-order valence-electron chi connectivity index (χ1n) is 7.74. The first kappa shape index (κ1) is 15.9. The molecule has 5 nitrogen and oxygen atoms in total. The quantitative estimate of drug-likeness (QED) is 0.785. The van der Waals surface area contributed by atoms with E-state index in [1.165, 1.54) is 4.88 Å². The summed E-state index contributed by atoms with van der Waals surface area (Å²) in [6.45, 7) is 10.5. The molecule has 2 aromatic rings. The number of aromatic nitrogens is 3. The second-order valence-electron chi connectivity index (χ2n) is 6.03. The van der Waals surface area contributed by atoms with Crippen LogP contribution in [0.15, 0.2) is 23.8 Å². The van der Waals surface area contributed by atoms with Crippen molar-refractivity contribution in [3.05, 3.63) is 33.5 Å². The lowest BCUT2D eigenvalue weighted by molar-refractivity contribution is 0.0986. The van der Waals surface area contributed by atoms with Gasteiger partial charge in [-0.25, -0.2) is 4.68 Å². The van der Waals surface area contributed by atoms with Crippen LogP contribution >= 0.6 is 23.6 Å². The van der Waals surface area contributed by atoms with Crippen molar-refractivity contribution >= 4 is 23.6 Å². The maximum atomic E-state index is 5.50. The zero-order valence-electron chi connectivity index (χ0n) is 13.2. The van der Waals surface area contributed by atoms with Crippen molar-refractivity contribution in [3.63, 3.8) is 0 Å². The van der Waals surface area contributed by atoms with Gasteiger partial charge in [0, 0.05) is 43.6 Å². The standard InChI is InChI=1S/C15H23N5S2/c1-13(2)19-11-16-20(15(19)21)12-18-7-5-17(6-8-18)10-14-4-3-9-22-14/h3-4,9,11,13H,5-8,10,12H2,1-2H3. The molecule has 0 aromatic carbocycles. The lowest BCUT2D eigenvalue weighted by atomic mass is 10.3. The lowest BCUT2D eigenvalue weighted by Crippen LogP contribution is -2.46. The fourth-order valence-corrected chi connectivity index (χ4v) is 3.81. The van der Waals surface area contributed by atoms with Gasteiger partial charge in [-0.15, -0.1) is 11.3 Å². The van der Waals surface area contributed by atoms with Crippen molar-refractivity contribution in [3.8, 4) is 0 Å². The van der Waals surface area contributed by atoms with Crippen LogP contribution in [0.4, 0.5) is 0 Å². The highest BCUT2D eigenvalue weighted by molar-refractivity contribution is 7.71. The summed E-state index contributed by atoms with van der Waals surface area (Å²) < 4.78 is 4.79. The summed E-state index contributed by atoms with van der Waals surface area (Å²) in [5.74, 6) is 0. The van der Waals surface area contributed by atoms with Crippen LogP contribution in [0.1, 0.15) is 24.8 Å². The Morgan fingerprint density at radius 2 is 1.95 bits per heavy atom. The van der Waals surface area contributed by atoms with Gasteiger partial charge in [-0.3, -0.25) is 9.80 Å². The van der Waals surface area contributed by atoms with Crippen LogP contribution < -0.4 is 0 Å². The molecule has 0 bridgehead atoms. The summed E-state index contributed by atoms with van der Waals surface area (Å²) in [5, 5.41) is 6.58. The Morgan fingerprint density at radius 1 is 1.23 bits per heavy atom. The first-order chi connectivity index (χ1) is 10.6. The molecular weight excluding hydrogens is 314 g/mol. The molecule has 1 aliphatic heterocycles. The summed E-state index contributed by atoms with van der Waals surface area (Å²) >= 11 is 7.34. The maximum absolute atomic E-state index is 5.50. The number of hydrogen-bond donors (Lipinski definition) is 0. The summed E-state index contributed by atoms with van der Waals surface area (Å²) in [6, 6.07) is 4.71. The van der Waals surface area contributed by atoms with Gasteiger partial charge < -0.3 is 4.57 Å². The molecule has 0 saturated carbocycles. The Kier molecular flexibility index (Phi) is 5.07. The van der Waals surface area contributed by atoms with E-state index in [1.54, 1.807) is 0 Å². The van der Waals surface area contributed by atoms with E-state index >= 15 is 0 Å². The summed E-state index contributed by atoms with van der Waals surface area (Å²) in [5.41, 5.74) is 0. The molecule has 22 heavy (non-hydrogen) atoms. The normalized spacial score (nSPS) is 17.4. The van der Waals surface area contributed by atoms with E-state index in [9.17, 15) is 0 Å². The van der Waals surface area contributed by atoms with E-state index in [0.717, 1.165) is 44.2 Å². The molecule has 2 aromatic heterocycles. The lowest BCUT2D eigenvalue weighted by Gasteiger charge is -2.34. The van der Waals surface area contributed by atoms with E-state index < -0.39 is 0 Å². The highest BCUT2D eigenvalue weighted by Crippen LogP contribution is 2.14. The molecule has 0 spiro atoms. The van der Waals surface area contributed by atoms with Crippen molar-refractivity contribution in [2.45, 2.75) is 33.1 Å². The van der Waals surface area contributed by atoms with E-state index in [-0.39, 0.29) is 0 Å². The Morgan fingerprint density at radius 3 is 2.55 bits per heavy atom. The largest absolute Gasteiger partial charge is 0.304 e. The second-order valence-corrected chi connectivity index (χ2v) is 7.43. The van der Waals surface area contributed by atoms with E-state index in [1.807, 2.05) is 26.9 Å². The molecule has 3 rings (SSSR count). The van der Waals surface area contributed by atoms with Gasteiger partial charge in [0.2, 0.25) is 0 Å². The van der Waals surface area contributed by atoms with Gasteiger partial charge in [-0.05, 0) is 37.5 Å². The summed E-state index contributed by atoms with van der Waals surface area (Å²) in [7, 11) is 0. The Hall–Kier alpha value is -1.02. The first-order valence-corrected chi connectivity index (χ1v) is 9.03. The Bertz CT molecular complexity index is 635. The monoisotopic (exact) mass is 337 g/mol. The van der Waals surface area contributed by atoms with Crippen LogP contribution in [0.2, 0.25) is 0 Å². The van der Waals surface area contributed by atoms with E-state index in [2.05, 4.69) is 46.3 Å². The molecule has 0 unspecified atom stereocenters. The summed E-state index contributed by atoms with van der Waals surface area (Å²) in [6.07, 6.45) is 1.85. The molecule has 0 N–H and O–H groups in total. The Balaban J connectivity index is 1.53. The van der Waals surface area contributed by atoms with Crippen molar-refractivity contribution < 1.29 is 0 Å². The van der Waals surface area contributed by atoms with Gasteiger partial charge in [0.15, 0.2) is 4.77 Å². The van der Waals surface area contributed by atoms with Crippen molar-refractivity contribution in [2.24, 2.45) is 0 Å². The SMILES string of the molecule is CC(C)n1cnn(CN2CCN(Cc3cccs3)CC2)c1=S. The number of hydrogen-bond acceptors (Lipinski definition) is 5. The molecule has 1 fully saturated rings. The molecule has 0 atom stereocenters. The molecule has 0 aliphatic carbocycles. The van der Waals surface area contributed by atoms with Gasteiger partial charge >= 0.3 is 0 Å². The molecule has 7 heteroatoms. The second kappa shape index (κ2) is 7.04. The van der Waals surface area contributed by atoms with Crippen LogP contribution in [0.5, 0.6) is 0 Å². The highest BCUT2D eigenvalue weighted by atomic mass is 32.1. The minimum absolute atomic E-state index is 0.365. The number of piperazine rings is 1. The summed E-state index contributed by atoms with van der Waals surface area (Å²) in [4.78, 5) is 6.40. The highest BCUT2D eigenvalue weighted by Gasteiger charge is 2.18. The van der Waals surface area contributed by atoms with Crippen LogP contribution in [0, 0.1) is 4.77 Å². The molecule has 120 valence electrons. The van der Waals surface area contributed by atoms with Gasteiger partial charge in [-0.2, -0.15) is 5.10 Å². The average molecular weight is 338 g/mol. The van der Waals surface area contributed by atoms with Gasteiger partial charge in [0.05, 0.1) is 6.67 Å². The minimum atomic E-state index is 0.365. The van der Waals surface area contributed by atoms with Crippen molar-refractivity contribution in [1.29, 1.82) is 0 Å². The Labute approximate surface area is 140 Å². The number of thiophene rings is 1. The number of rotatable bonds is 5. The number of nitrogens with zero attached hydrogens (tertiary/aromatic N) is 5.